The summed E-state index contributed by atoms with van der Waals surface area (Å²) in [5.41, 5.74) is 5.05. The first kappa shape index (κ1) is 34.7. The highest BCUT2D eigenvalue weighted by Gasteiger charge is 2.36. The summed E-state index contributed by atoms with van der Waals surface area (Å²) in [7, 11) is 1.53. The van der Waals surface area contributed by atoms with Crippen molar-refractivity contribution in [3.8, 4) is 0 Å². The summed E-state index contributed by atoms with van der Waals surface area (Å²) < 4.78 is 5.73. The number of carboxylic acid groups (broad SMARTS) is 1. The molecular formula is C36H48N2O6. The first-order valence-electron chi connectivity index (χ1n) is 15.7. The van der Waals surface area contributed by atoms with Crippen molar-refractivity contribution in [2.75, 3.05) is 26.7 Å². The molecule has 0 radical (unpaired) electrons. The number of hydrogen-bond donors (Lipinski definition) is 3. The van der Waals surface area contributed by atoms with Gasteiger partial charge in [0.2, 0.25) is 5.91 Å². The van der Waals surface area contributed by atoms with Crippen molar-refractivity contribution in [2.24, 2.45) is 0 Å². The smallest absolute Gasteiger partial charge is 0.335 e. The Labute approximate surface area is 261 Å². The second kappa shape index (κ2) is 18.1. The van der Waals surface area contributed by atoms with E-state index in [1.807, 2.05) is 12.1 Å². The number of nitrogens with one attached hydrogen (secondary N) is 1. The van der Waals surface area contributed by atoms with Gasteiger partial charge in [0.1, 0.15) is 0 Å². The summed E-state index contributed by atoms with van der Waals surface area (Å²) in [6, 6.07) is 21.2. The third-order valence-electron chi connectivity index (χ3n) is 8.17. The van der Waals surface area contributed by atoms with E-state index in [4.69, 9.17) is 4.74 Å². The van der Waals surface area contributed by atoms with Crippen LogP contribution >= 0.6 is 0 Å². The Bertz CT molecular complexity index is 1370. The monoisotopic (exact) mass is 604 g/mol. The maximum Gasteiger partial charge on any atom is 0.335 e. The number of carbonyl (C=O) groups excluding carboxylic acids is 2. The van der Waals surface area contributed by atoms with E-state index < -0.39 is 24.1 Å². The minimum atomic E-state index is -1.99. The van der Waals surface area contributed by atoms with Crippen LogP contribution in [0.5, 0.6) is 0 Å². The molecule has 0 bridgehead atoms. The van der Waals surface area contributed by atoms with Gasteiger partial charge in [0, 0.05) is 33.2 Å². The summed E-state index contributed by atoms with van der Waals surface area (Å²) in [6.07, 6.45) is 3.25. The number of aliphatic hydroxyl groups is 1. The zero-order valence-electron chi connectivity index (χ0n) is 26.4. The van der Waals surface area contributed by atoms with Gasteiger partial charge in [-0.2, -0.15) is 0 Å². The number of carbonyl (C=O) groups is 3. The van der Waals surface area contributed by atoms with Crippen LogP contribution < -0.4 is 5.32 Å². The van der Waals surface area contributed by atoms with E-state index in [0.29, 0.717) is 19.4 Å². The topological polar surface area (TPSA) is 116 Å². The molecule has 0 unspecified atom stereocenters. The molecule has 0 saturated carbocycles. The van der Waals surface area contributed by atoms with Crippen molar-refractivity contribution < 1.29 is 29.3 Å². The Kier molecular flexibility index (Phi) is 14.3. The fourth-order valence-electron chi connectivity index (χ4n) is 5.28. The van der Waals surface area contributed by atoms with Gasteiger partial charge in [0.15, 0.2) is 12.2 Å². The summed E-state index contributed by atoms with van der Waals surface area (Å²) >= 11 is 0. The van der Waals surface area contributed by atoms with Gasteiger partial charge in [0.05, 0.1) is 0 Å². The molecule has 8 nitrogen and oxygen atoms in total. The highest BCUT2D eigenvalue weighted by molar-refractivity contribution is 5.88. The molecule has 0 aromatic heterocycles. The Balaban J connectivity index is 1.51. The Morgan fingerprint density at radius 1 is 0.795 bits per heavy atom. The van der Waals surface area contributed by atoms with Crippen LogP contribution in [-0.2, 0) is 32.0 Å². The van der Waals surface area contributed by atoms with Crippen molar-refractivity contribution >= 4 is 28.6 Å². The summed E-state index contributed by atoms with van der Waals surface area (Å²) in [5.74, 6) is -2.34. The SMILES string of the molecule is CNC(=O)CCN(CCCCCc1ccc2ccccc2c1)C(=O)[C@H](OCCCCCc1ccc(C)c(C)c1)[C@@H](O)C(=O)O. The molecule has 2 atom stereocenters. The molecule has 3 N–H and O–H groups in total. The number of ether oxygens (including phenoxy) is 1. The lowest BCUT2D eigenvalue weighted by Gasteiger charge is -2.28. The van der Waals surface area contributed by atoms with Crippen LogP contribution in [0.15, 0.2) is 60.7 Å². The second-order valence-electron chi connectivity index (χ2n) is 11.5. The average molecular weight is 605 g/mol. The number of unbranched alkanes of at least 4 members (excludes halogenated alkanes) is 4. The van der Waals surface area contributed by atoms with Crippen molar-refractivity contribution in [2.45, 2.75) is 83.8 Å². The number of aryl methyl sites for hydroxylation is 4. The summed E-state index contributed by atoms with van der Waals surface area (Å²) in [6.45, 7) is 4.80. The van der Waals surface area contributed by atoms with Crippen LogP contribution in [0.3, 0.4) is 0 Å². The fourth-order valence-corrected chi connectivity index (χ4v) is 5.28. The molecule has 3 aromatic rings. The summed E-state index contributed by atoms with van der Waals surface area (Å²) in [4.78, 5) is 38.6. The van der Waals surface area contributed by atoms with E-state index in [2.05, 4.69) is 67.7 Å². The predicted molar refractivity (Wildman–Crippen MR) is 174 cm³/mol. The van der Waals surface area contributed by atoms with E-state index in [9.17, 15) is 24.6 Å². The molecule has 0 aliphatic heterocycles. The lowest BCUT2D eigenvalue weighted by molar-refractivity contribution is -0.167. The highest BCUT2D eigenvalue weighted by Crippen LogP contribution is 2.18. The molecule has 238 valence electrons. The molecule has 2 amide bonds. The first-order chi connectivity index (χ1) is 21.2. The minimum absolute atomic E-state index is 0.0771. The van der Waals surface area contributed by atoms with Crippen LogP contribution in [0.25, 0.3) is 10.8 Å². The molecule has 0 spiro atoms. The molecule has 0 saturated heterocycles. The van der Waals surface area contributed by atoms with Crippen LogP contribution in [0.4, 0.5) is 0 Å². The zero-order chi connectivity index (χ0) is 31.9. The van der Waals surface area contributed by atoms with Crippen LogP contribution in [-0.4, -0.2) is 71.8 Å². The molecule has 0 aliphatic rings. The highest BCUT2D eigenvalue weighted by atomic mass is 16.5. The molecule has 3 rings (SSSR count). The van der Waals surface area contributed by atoms with Crippen LogP contribution in [0.1, 0.15) is 67.2 Å². The number of benzene rings is 3. The quantitative estimate of drug-likeness (QED) is 0.158. The Hall–Kier alpha value is -3.75. The number of hydrogen-bond acceptors (Lipinski definition) is 5. The second-order valence-corrected chi connectivity index (χ2v) is 11.5. The normalized spacial score (nSPS) is 12.5. The number of nitrogens with zero attached hydrogens (tertiary/aromatic N) is 1. The molecule has 0 heterocycles. The minimum Gasteiger partial charge on any atom is -0.479 e. The van der Waals surface area contributed by atoms with Gasteiger partial charge in [0.25, 0.3) is 5.91 Å². The Morgan fingerprint density at radius 2 is 1.45 bits per heavy atom. The van der Waals surface area contributed by atoms with Gasteiger partial charge in [-0.3, -0.25) is 9.59 Å². The van der Waals surface area contributed by atoms with E-state index in [1.165, 1.54) is 45.0 Å². The van der Waals surface area contributed by atoms with E-state index in [1.54, 1.807) is 0 Å². The summed E-state index contributed by atoms with van der Waals surface area (Å²) in [5, 5.41) is 24.9. The number of aliphatic carboxylic acids is 1. The van der Waals surface area contributed by atoms with Gasteiger partial charge in [-0.15, -0.1) is 0 Å². The number of aliphatic hydroxyl groups excluding tert-OH is 1. The van der Waals surface area contributed by atoms with E-state index in [-0.39, 0.29) is 25.5 Å². The van der Waals surface area contributed by atoms with Crippen molar-refractivity contribution in [1.82, 2.24) is 10.2 Å². The number of amides is 2. The zero-order valence-corrected chi connectivity index (χ0v) is 26.4. The maximum absolute atomic E-state index is 13.5. The largest absolute Gasteiger partial charge is 0.479 e. The van der Waals surface area contributed by atoms with Crippen molar-refractivity contribution in [3.05, 3.63) is 82.9 Å². The number of carboxylic acids is 1. The molecule has 3 aromatic carbocycles. The van der Waals surface area contributed by atoms with Crippen LogP contribution in [0.2, 0.25) is 0 Å². The maximum atomic E-state index is 13.5. The molecule has 8 heteroatoms. The van der Waals surface area contributed by atoms with Crippen LogP contribution in [0, 0.1) is 13.8 Å². The van der Waals surface area contributed by atoms with Gasteiger partial charge >= 0.3 is 5.97 Å². The first-order valence-corrected chi connectivity index (χ1v) is 15.7. The van der Waals surface area contributed by atoms with Crippen molar-refractivity contribution in [3.63, 3.8) is 0 Å². The standard InChI is InChI=1S/C36H48N2O6/c1-26-16-17-28(24-27(26)2)12-7-5-11-23-44-34(33(40)36(42)43)35(41)38(22-20-32(39)37-3)21-10-4-6-13-29-18-19-30-14-8-9-15-31(30)25-29/h8-9,14-19,24-25,33-34,40H,4-7,10-13,20-23H2,1-3H3,(H,37,39)(H,42,43)/t33-,34-/m1/s1. The van der Waals surface area contributed by atoms with E-state index in [0.717, 1.165) is 38.5 Å². The third kappa shape index (κ3) is 11.1. The Morgan fingerprint density at radius 3 is 2.14 bits per heavy atom. The molecule has 0 fully saturated rings. The molecular weight excluding hydrogens is 556 g/mol. The number of rotatable bonds is 19. The predicted octanol–water partition coefficient (Wildman–Crippen LogP) is 5.38. The molecule has 44 heavy (non-hydrogen) atoms. The third-order valence-corrected chi connectivity index (χ3v) is 8.17. The van der Waals surface area contributed by atoms with E-state index >= 15 is 0 Å². The van der Waals surface area contributed by atoms with Gasteiger partial charge < -0.3 is 25.2 Å². The average Bonchev–Trinajstić information content (AvgIpc) is 3.02. The van der Waals surface area contributed by atoms with Gasteiger partial charge in [-0.05, 0) is 85.4 Å². The number of fused-ring (bicyclic) bond motifs is 1. The lowest BCUT2D eigenvalue weighted by atomic mass is 10.0. The lowest BCUT2D eigenvalue weighted by Crippen LogP contribution is -2.50. The van der Waals surface area contributed by atoms with Crippen molar-refractivity contribution in [1.29, 1.82) is 0 Å². The van der Waals surface area contributed by atoms with Gasteiger partial charge in [-0.25, -0.2) is 4.79 Å². The molecule has 0 aliphatic carbocycles. The van der Waals surface area contributed by atoms with Gasteiger partial charge in [-0.1, -0.05) is 73.5 Å². The fraction of sp³-hybridized carbons (Fsp3) is 0.472.